The van der Waals surface area contributed by atoms with Crippen LogP contribution in [0.3, 0.4) is 0 Å². The Morgan fingerprint density at radius 1 is 1.32 bits per heavy atom. The second-order valence-electron chi connectivity index (χ2n) is 4.63. The van der Waals surface area contributed by atoms with Crippen molar-refractivity contribution in [3.05, 3.63) is 41.7 Å². The first-order valence-electron chi connectivity index (χ1n) is 6.46. The lowest BCUT2D eigenvalue weighted by molar-refractivity contribution is -0.0388. The van der Waals surface area contributed by atoms with Crippen molar-refractivity contribution in [1.82, 2.24) is 20.2 Å². The van der Waals surface area contributed by atoms with E-state index in [1.807, 2.05) is 30.3 Å². The molecule has 19 heavy (non-hydrogen) atoms. The molecule has 0 spiro atoms. The molecular formula is C13H16N4O2. The SMILES string of the molecule is OCCC[C@H]1Cn2nnnc2[C@@H](c2ccccc2)O1. The average molecular weight is 260 g/mol. The molecule has 1 aromatic heterocycles. The third-order valence-electron chi connectivity index (χ3n) is 3.29. The summed E-state index contributed by atoms with van der Waals surface area (Å²) in [5, 5.41) is 20.7. The number of rotatable bonds is 4. The van der Waals surface area contributed by atoms with Crippen LogP contribution in [0.2, 0.25) is 0 Å². The van der Waals surface area contributed by atoms with E-state index >= 15 is 0 Å². The lowest BCUT2D eigenvalue weighted by Gasteiger charge is -2.29. The smallest absolute Gasteiger partial charge is 0.185 e. The fourth-order valence-electron chi connectivity index (χ4n) is 2.35. The van der Waals surface area contributed by atoms with Gasteiger partial charge in [0.2, 0.25) is 0 Å². The van der Waals surface area contributed by atoms with Crippen LogP contribution in [0, 0.1) is 0 Å². The molecule has 6 heteroatoms. The molecule has 0 amide bonds. The molecule has 1 aliphatic heterocycles. The van der Waals surface area contributed by atoms with Gasteiger partial charge in [0.25, 0.3) is 0 Å². The molecule has 0 unspecified atom stereocenters. The van der Waals surface area contributed by atoms with E-state index in [0.29, 0.717) is 6.54 Å². The van der Waals surface area contributed by atoms with Crippen LogP contribution in [0.1, 0.15) is 30.3 Å². The highest BCUT2D eigenvalue weighted by molar-refractivity contribution is 5.23. The van der Waals surface area contributed by atoms with E-state index in [9.17, 15) is 0 Å². The Hall–Kier alpha value is -1.79. The van der Waals surface area contributed by atoms with Gasteiger partial charge in [-0.2, -0.15) is 0 Å². The number of aliphatic hydroxyl groups excluding tert-OH is 1. The predicted octanol–water partition coefficient (Wildman–Crippen LogP) is 0.934. The molecule has 1 aromatic carbocycles. The van der Waals surface area contributed by atoms with E-state index < -0.39 is 0 Å². The largest absolute Gasteiger partial charge is 0.396 e. The Labute approximate surface area is 111 Å². The van der Waals surface area contributed by atoms with Gasteiger partial charge in [-0.1, -0.05) is 30.3 Å². The summed E-state index contributed by atoms with van der Waals surface area (Å²) in [6, 6.07) is 9.95. The Balaban J connectivity index is 1.87. The molecule has 0 saturated heterocycles. The standard InChI is InChI=1S/C13H16N4O2/c18-8-4-7-11-9-17-13(14-15-16-17)12(19-11)10-5-2-1-3-6-10/h1-3,5-6,11-12,18H,4,7-9H2/t11-,12+/m0/s1. The summed E-state index contributed by atoms with van der Waals surface area (Å²) >= 11 is 0. The van der Waals surface area contributed by atoms with Crippen LogP contribution >= 0.6 is 0 Å². The summed E-state index contributed by atoms with van der Waals surface area (Å²) in [5.41, 5.74) is 1.05. The van der Waals surface area contributed by atoms with Crippen molar-refractivity contribution in [2.45, 2.75) is 31.6 Å². The molecular weight excluding hydrogens is 244 g/mol. The maximum atomic E-state index is 8.93. The van der Waals surface area contributed by atoms with E-state index in [2.05, 4.69) is 15.5 Å². The van der Waals surface area contributed by atoms with Crippen molar-refractivity contribution in [3.63, 3.8) is 0 Å². The molecule has 0 saturated carbocycles. The van der Waals surface area contributed by atoms with Crippen LogP contribution in [0.25, 0.3) is 0 Å². The highest BCUT2D eigenvalue weighted by atomic mass is 16.5. The van der Waals surface area contributed by atoms with Crippen molar-refractivity contribution in [2.75, 3.05) is 6.61 Å². The first-order chi connectivity index (χ1) is 9.38. The molecule has 2 heterocycles. The van der Waals surface area contributed by atoms with E-state index in [1.165, 1.54) is 0 Å². The Morgan fingerprint density at radius 2 is 2.16 bits per heavy atom. The monoisotopic (exact) mass is 260 g/mol. The van der Waals surface area contributed by atoms with E-state index in [-0.39, 0.29) is 18.8 Å². The maximum absolute atomic E-state index is 8.93. The number of benzene rings is 1. The summed E-state index contributed by atoms with van der Waals surface area (Å²) in [4.78, 5) is 0. The quantitative estimate of drug-likeness (QED) is 0.885. The number of nitrogens with zero attached hydrogens (tertiary/aromatic N) is 4. The van der Waals surface area contributed by atoms with Gasteiger partial charge < -0.3 is 9.84 Å². The fourth-order valence-corrected chi connectivity index (χ4v) is 2.35. The lowest BCUT2D eigenvalue weighted by Crippen LogP contribution is -2.32. The Morgan fingerprint density at radius 3 is 2.95 bits per heavy atom. The normalized spacial score (nSPS) is 22.2. The number of aromatic nitrogens is 4. The second kappa shape index (κ2) is 5.46. The predicted molar refractivity (Wildman–Crippen MR) is 67.3 cm³/mol. The van der Waals surface area contributed by atoms with Crippen LogP contribution in [0.5, 0.6) is 0 Å². The topological polar surface area (TPSA) is 73.1 Å². The molecule has 0 radical (unpaired) electrons. The van der Waals surface area contributed by atoms with Gasteiger partial charge in [0.15, 0.2) is 5.82 Å². The first-order valence-corrected chi connectivity index (χ1v) is 6.46. The zero-order valence-electron chi connectivity index (χ0n) is 10.5. The Bertz CT molecular complexity index is 528. The summed E-state index contributed by atoms with van der Waals surface area (Å²) in [5.74, 6) is 0.742. The summed E-state index contributed by atoms with van der Waals surface area (Å²) in [6.07, 6.45) is 1.34. The maximum Gasteiger partial charge on any atom is 0.185 e. The zero-order valence-corrected chi connectivity index (χ0v) is 10.5. The number of aliphatic hydroxyl groups is 1. The molecule has 2 aromatic rings. The average Bonchev–Trinajstić information content (AvgIpc) is 2.93. The molecule has 2 atom stereocenters. The number of hydrogen-bond donors (Lipinski definition) is 1. The molecule has 0 fully saturated rings. The highest BCUT2D eigenvalue weighted by Gasteiger charge is 2.31. The minimum Gasteiger partial charge on any atom is -0.396 e. The van der Waals surface area contributed by atoms with Crippen molar-refractivity contribution < 1.29 is 9.84 Å². The van der Waals surface area contributed by atoms with Crippen molar-refractivity contribution in [2.24, 2.45) is 0 Å². The number of ether oxygens (including phenoxy) is 1. The summed E-state index contributed by atoms with van der Waals surface area (Å²) < 4.78 is 7.88. The van der Waals surface area contributed by atoms with Crippen molar-refractivity contribution in [1.29, 1.82) is 0 Å². The summed E-state index contributed by atoms with van der Waals surface area (Å²) in [7, 11) is 0. The Kier molecular flexibility index (Phi) is 3.52. The molecule has 1 aliphatic rings. The lowest BCUT2D eigenvalue weighted by atomic mass is 10.1. The van der Waals surface area contributed by atoms with Gasteiger partial charge in [0.05, 0.1) is 12.6 Å². The molecule has 100 valence electrons. The van der Waals surface area contributed by atoms with E-state index in [0.717, 1.165) is 24.2 Å². The fraction of sp³-hybridized carbons (Fsp3) is 0.462. The van der Waals surface area contributed by atoms with Gasteiger partial charge >= 0.3 is 0 Å². The van der Waals surface area contributed by atoms with Gasteiger partial charge in [-0.05, 0) is 28.8 Å². The molecule has 6 nitrogen and oxygen atoms in total. The minimum atomic E-state index is -0.228. The van der Waals surface area contributed by atoms with Crippen molar-refractivity contribution in [3.8, 4) is 0 Å². The van der Waals surface area contributed by atoms with Crippen LogP contribution in [0.15, 0.2) is 30.3 Å². The number of tetrazole rings is 1. The highest BCUT2D eigenvalue weighted by Crippen LogP contribution is 2.30. The number of hydrogen-bond acceptors (Lipinski definition) is 5. The van der Waals surface area contributed by atoms with Gasteiger partial charge in [0, 0.05) is 6.61 Å². The zero-order chi connectivity index (χ0) is 13.1. The minimum absolute atomic E-state index is 0.0355. The number of fused-ring (bicyclic) bond motifs is 1. The van der Waals surface area contributed by atoms with E-state index in [4.69, 9.17) is 9.84 Å². The second-order valence-corrected chi connectivity index (χ2v) is 4.63. The van der Waals surface area contributed by atoms with Crippen LogP contribution in [-0.2, 0) is 11.3 Å². The van der Waals surface area contributed by atoms with Crippen LogP contribution in [-0.4, -0.2) is 38.0 Å². The van der Waals surface area contributed by atoms with Gasteiger partial charge in [0.1, 0.15) is 6.10 Å². The van der Waals surface area contributed by atoms with Crippen LogP contribution < -0.4 is 0 Å². The van der Waals surface area contributed by atoms with Gasteiger partial charge in [-0.3, -0.25) is 0 Å². The molecule has 0 bridgehead atoms. The third-order valence-corrected chi connectivity index (χ3v) is 3.29. The van der Waals surface area contributed by atoms with Crippen molar-refractivity contribution >= 4 is 0 Å². The molecule has 3 rings (SSSR count). The first kappa shape index (κ1) is 12.3. The van der Waals surface area contributed by atoms with Gasteiger partial charge in [-0.15, -0.1) is 5.10 Å². The third kappa shape index (κ3) is 2.50. The van der Waals surface area contributed by atoms with E-state index in [1.54, 1.807) is 4.68 Å². The molecule has 1 N–H and O–H groups in total. The van der Waals surface area contributed by atoms with Gasteiger partial charge in [-0.25, -0.2) is 4.68 Å². The molecule has 0 aliphatic carbocycles. The summed E-state index contributed by atoms with van der Waals surface area (Å²) in [6.45, 7) is 0.823. The van der Waals surface area contributed by atoms with Crippen LogP contribution in [0.4, 0.5) is 0 Å².